The van der Waals surface area contributed by atoms with E-state index in [9.17, 15) is 4.79 Å². The molecule has 0 heterocycles. The molecule has 1 fully saturated rings. The Hall–Kier alpha value is -3.31. The summed E-state index contributed by atoms with van der Waals surface area (Å²) in [6.07, 6.45) is 2.31. The van der Waals surface area contributed by atoms with Crippen molar-refractivity contribution in [2.24, 2.45) is 5.92 Å². The van der Waals surface area contributed by atoms with E-state index in [2.05, 4.69) is 22.8 Å². The first-order valence-electron chi connectivity index (χ1n) is 11.2. The maximum absolute atomic E-state index is 13.5. The summed E-state index contributed by atoms with van der Waals surface area (Å²) >= 11 is 0. The van der Waals surface area contributed by atoms with Crippen molar-refractivity contribution in [2.75, 3.05) is 19.0 Å². The van der Waals surface area contributed by atoms with Gasteiger partial charge in [0.25, 0.3) is 0 Å². The number of anilines is 1. The van der Waals surface area contributed by atoms with Crippen molar-refractivity contribution < 1.29 is 14.3 Å². The van der Waals surface area contributed by atoms with E-state index < -0.39 is 6.04 Å². The van der Waals surface area contributed by atoms with Gasteiger partial charge in [0.2, 0.25) is 5.91 Å². The largest absolute Gasteiger partial charge is 0.497 e. The van der Waals surface area contributed by atoms with E-state index in [0.29, 0.717) is 24.0 Å². The maximum atomic E-state index is 13.5. The molecule has 0 saturated heterocycles. The van der Waals surface area contributed by atoms with Crippen molar-refractivity contribution in [1.82, 2.24) is 5.32 Å². The summed E-state index contributed by atoms with van der Waals surface area (Å²) in [4.78, 5) is 13.5. The van der Waals surface area contributed by atoms with Crippen LogP contribution in [0.4, 0.5) is 5.69 Å². The van der Waals surface area contributed by atoms with Gasteiger partial charge >= 0.3 is 0 Å². The van der Waals surface area contributed by atoms with Crippen LogP contribution in [0.2, 0.25) is 0 Å². The molecule has 1 saturated carbocycles. The highest BCUT2D eigenvalue weighted by atomic mass is 16.5. The number of carbonyl (C=O) groups excluding carboxylic acids is 1. The Kier molecular flexibility index (Phi) is 7.07. The molecule has 2 N–H and O–H groups in total. The van der Waals surface area contributed by atoms with Gasteiger partial charge in [0.05, 0.1) is 19.4 Å². The monoisotopic (exact) mass is 430 g/mol. The number of carbonyl (C=O) groups is 1. The topological polar surface area (TPSA) is 59.6 Å². The van der Waals surface area contributed by atoms with Crippen molar-refractivity contribution in [2.45, 2.75) is 31.8 Å². The van der Waals surface area contributed by atoms with Crippen LogP contribution in [0.1, 0.15) is 43.0 Å². The van der Waals surface area contributed by atoms with E-state index in [1.807, 2.05) is 73.7 Å². The fraction of sp³-hybridized carbons (Fsp3) is 0.296. The molecule has 0 aliphatic heterocycles. The summed E-state index contributed by atoms with van der Waals surface area (Å²) in [6, 6.07) is 25.1. The van der Waals surface area contributed by atoms with Crippen LogP contribution in [0.15, 0.2) is 78.9 Å². The Morgan fingerprint density at radius 1 is 0.938 bits per heavy atom. The van der Waals surface area contributed by atoms with Crippen molar-refractivity contribution >= 4 is 11.6 Å². The second-order valence-electron chi connectivity index (χ2n) is 8.02. The molecule has 166 valence electrons. The molecule has 1 amide bonds. The number of hydrogen-bond donors (Lipinski definition) is 2. The van der Waals surface area contributed by atoms with E-state index in [1.165, 1.54) is 0 Å². The third-order valence-corrected chi connectivity index (χ3v) is 5.75. The lowest BCUT2D eigenvalue weighted by Gasteiger charge is -2.26. The van der Waals surface area contributed by atoms with E-state index in [1.54, 1.807) is 7.11 Å². The molecule has 2 unspecified atom stereocenters. The fourth-order valence-electron chi connectivity index (χ4n) is 3.95. The summed E-state index contributed by atoms with van der Waals surface area (Å²) in [7, 11) is 1.67. The Morgan fingerprint density at radius 3 is 2.28 bits per heavy atom. The normalized spacial score (nSPS) is 14.9. The molecule has 4 rings (SSSR count). The number of nitrogens with one attached hydrogen (secondary N) is 2. The van der Waals surface area contributed by atoms with Crippen LogP contribution in [0.5, 0.6) is 11.5 Å². The molecule has 5 heteroatoms. The number of hydrogen-bond acceptors (Lipinski definition) is 4. The predicted molar refractivity (Wildman–Crippen MR) is 127 cm³/mol. The lowest BCUT2D eigenvalue weighted by atomic mass is 9.98. The Balaban J connectivity index is 1.61. The highest BCUT2D eigenvalue weighted by molar-refractivity contribution is 5.96. The zero-order valence-electron chi connectivity index (χ0n) is 18.6. The minimum absolute atomic E-state index is 0.0824. The highest BCUT2D eigenvalue weighted by Crippen LogP contribution is 2.42. The van der Waals surface area contributed by atoms with Gasteiger partial charge in [-0.15, -0.1) is 0 Å². The third kappa shape index (κ3) is 5.29. The van der Waals surface area contributed by atoms with Crippen molar-refractivity contribution in [1.29, 1.82) is 0 Å². The van der Waals surface area contributed by atoms with Crippen molar-refractivity contribution in [3.63, 3.8) is 0 Å². The smallest absolute Gasteiger partial charge is 0.246 e. The van der Waals surface area contributed by atoms with Gasteiger partial charge in [-0.2, -0.15) is 0 Å². The number of ether oxygens (including phenoxy) is 2. The first-order valence-corrected chi connectivity index (χ1v) is 11.2. The molecule has 1 aliphatic carbocycles. The molecular formula is C27H30N2O3. The Morgan fingerprint density at radius 2 is 1.62 bits per heavy atom. The first-order chi connectivity index (χ1) is 15.7. The summed E-state index contributed by atoms with van der Waals surface area (Å²) in [6.45, 7) is 2.47. The SMILES string of the molecule is CCOc1ccccc1NC(=O)C(NC(c1ccc(OC)cc1)C1CC1)c1ccccc1. The van der Waals surface area contributed by atoms with Crippen molar-refractivity contribution in [3.05, 3.63) is 90.0 Å². The van der Waals surface area contributed by atoms with E-state index in [-0.39, 0.29) is 11.9 Å². The molecule has 0 radical (unpaired) electrons. The average Bonchev–Trinajstić information content (AvgIpc) is 3.67. The van der Waals surface area contributed by atoms with Crippen LogP contribution in [0.25, 0.3) is 0 Å². The number of methoxy groups -OCH3 is 1. The van der Waals surface area contributed by atoms with Crippen molar-refractivity contribution in [3.8, 4) is 11.5 Å². The van der Waals surface area contributed by atoms with Crippen LogP contribution >= 0.6 is 0 Å². The van der Waals surface area contributed by atoms with Gasteiger partial charge in [0.1, 0.15) is 17.5 Å². The lowest BCUT2D eigenvalue weighted by Crippen LogP contribution is -2.36. The molecular weight excluding hydrogens is 400 g/mol. The summed E-state index contributed by atoms with van der Waals surface area (Å²) in [5.74, 6) is 1.90. The second kappa shape index (κ2) is 10.3. The minimum atomic E-state index is -0.501. The number of para-hydroxylation sites is 2. The molecule has 0 aromatic heterocycles. The Labute approximate surface area is 189 Å². The van der Waals surface area contributed by atoms with Gasteiger partial charge in [-0.25, -0.2) is 0 Å². The van der Waals surface area contributed by atoms with E-state index in [0.717, 1.165) is 29.7 Å². The number of rotatable bonds is 10. The van der Waals surface area contributed by atoms with Crippen LogP contribution < -0.4 is 20.1 Å². The van der Waals surface area contributed by atoms with Gasteiger partial charge in [-0.3, -0.25) is 10.1 Å². The second-order valence-corrected chi connectivity index (χ2v) is 8.02. The van der Waals surface area contributed by atoms with Crippen LogP contribution in [0, 0.1) is 5.92 Å². The molecule has 2 atom stereocenters. The lowest BCUT2D eigenvalue weighted by molar-refractivity contribution is -0.118. The summed E-state index contributed by atoms with van der Waals surface area (Å²) in [5, 5.41) is 6.75. The molecule has 3 aromatic rings. The van der Waals surface area contributed by atoms with Crippen LogP contribution in [-0.4, -0.2) is 19.6 Å². The van der Waals surface area contributed by atoms with E-state index in [4.69, 9.17) is 9.47 Å². The van der Waals surface area contributed by atoms with E-state index >= 15 is 0 Å². The molecule has 1 aliphatic rings. The first kappa shape index (κ1) is 21.9. The van der Waals surface area contributed by atoms with Gasteiger partial charge in [0.15, 0.2) is 0 Å². The van der Waals surface area contributed by atoms with Gasteiger partial charge < -0.3 is 14.8 Å². The summed E-state index contributed by atoms with van der Waals surface area (Å²) < 4.78 is 11.0. The Bertz CT molecular complexity index is 1020. The molecule has 3 aromatic carbocycles. The van der Waals surface area contributed by atoms with Gasteiger partial charge in [0, 0.05) is 6.04 Å². The van der Waals surface area contributed by atoms with Gasteiger partial charge in [-0.05, 0) is 61.1 Å². The molecule has 0 spiro atoms. The average molecular weight is 431 g/mol. The zero-order chi connectivity index (χ0) is 22.3. The van der Waals surface area contributed by atoms with Crippen LogP contribution in [-0.2, 0) is 4.79 Å². The standard InChI is InChI=1S/C27H30N2O3/c1-3-32-24-12-8-7-11-23(24)28-27(30)26(19-9-5-4-6-10-19)29-25(20-13-14-20)21-15-17-22(31-2)18-16-21/h4-12,15-18,20,25-26,29H,3,13-14H2,1-2H3,(H,28,30). The summed E-state index contributed by atoms with van der Waals surface area (Å²) in [5.41, 5.74) is 2.77. The number of benzene rings is 3. The molecule has 0 bridgehead atoms. The fourth-order valence-corrected chi connectivity index (χ4v) is 3.95. The molecule has 5 nitrogen and oxygen atoms in total. The minimum Gasteiger partial charge on any atom is -0.497 e. The highest BCUT2D eigenvalue weighted by Gasteiger charge is 2.35. The number of amides is 1. The molecule has 32 heavy (non-hydrogen) atoms. The zero-order valence-corrected chi connectivity index (χ0v) is 18.6. The predicted octanol–water partition coefficient (Wildman–Crippen LogP) is 5.51. The quantitative estimate of drug-likeness (QED) is 0.445. The van der Waals surface area contributed by atoms with Gasteiger partial charge in [-0.1, -0.05) is 54.6 Å². The maximum Gasteiger partial charge on any atom is 0.246 e. The third-order valence-electron chi connectivity index (χ3n) is 5.75. The van der Waals surface area contributed by atoms with Crippen LogP contribution in [0.3, 0.4) is 0 Å².